The summed E-state index contributed by atoms with van der Waals surface area (Å²) in [6, 6.07) is 6.23. The molecule has 5 nitrogen and oxygen atoms in total. The molecule has 3 rings (SSSR count). The highest BCUT2D eigenvalue weighted by Crippen LogP contribution is 2.36. The van der Waals surface area contributed by atoms with Gasteiger partial charge in [0.1, 0.15) is 11.5 Å². The number of nitrogens with zero attached hydrogens (tertiary/aromatic N) is 3. The van der Waals surface area contributed by atoms with Crippen LogP contribution in [0.25, 0.3) is 0 Å². The molecule has 1 aliphatic rings. The number of halogens is 2. The maximum Gasteiger partial charge on any atom is 0.185 e. The summed E-state index contributed by atoms with van der Waals surface area (Å²) in [6.07, 6.45) is 0.817. The molecule has 0 spiro atoms. The van der Waals surface area contributed by atoms with Crippen LogP contribution in [0.5, 0.6) is 0 Å². The lowest BCUT2D eigenvalue weighted by molar-refractivity contribution is 0.0984. The summed E-state index contributed by atoms with van der Waals surface area (Å²) in [5, 5.41) is 4.69. The molecule has 0 bridgehead atoms. The fourth-order valence-electron chi connectivity index (χ4n) is 2.94. The lowest BCUT2D eigenvalue weighted by Gasteiger charge is -2.30. The largest absolute Gasteiger partial charge is 0.379 e. The molecule has 0 aliphatic carbocycles. The number of aliphatic imine (C=N–C) groups is 1. The molecule has 1 atom stereocenters. The number of Topliss-reactive ketones (excluding diaryl/α,β-unsaturated/α-hetero) is 1. The SMILES string of the molecule is Cn1nc(Cl)cc1C(=O)Cc1ccc(F)c([C@]2(C)CCSC(N)=N2)c1. The predicted molar refractivity (Wildman–Crippen MR) is 98.7 cm³/mol. The number of carbonyl (C=O) groups is 1. The van der Waals surface area contributed by atoms with Crippen molar-refractivity contribution >= 4 is 34.3 Å². The van der Waals surface area contributed by atoms with Gasteiger partial charge < -0.3 is 5.73 Å². The van der Waals surface area contributed by atoms with Crippen molar-refractivity contribution in [1.29, 1.82) is 0 Å². The third kappa shape index (κ3) is 3.72. The predicted octanol–water partition coefficient (Wildman–Crippen LogP) is 3.30. The molecule has 25 heavy (non-hydrogen) atoms. The minimum atomic E-state index is -0.714. The third-order valence-electron chi connectivity index (χ3n) is 4.31. The van der Waals surface area contributed by atoms with Crippen LogP contribution in [-0.4, -0.2) is 26.5 Å². The minimum Gasteiger partial charge on any atom is -0.379 e. The minimum absolute atomic E-state index is 0.132. The summed E-state index contributed by atoms with van der Waals surface area (Å²) in [6.45, 7) is 1.87. The third-order valence-corrected chi connectivity index (χ3v) is 5.29. The van der Waals surface area contributed by atoms with E-state index in [-0.39, 0.29) is 23.2 Å². The molecule has 0 fully saturated rings. The van der Waals surface area contributed by atoms with Crippen LogP contribution in [0.15, 0.2) is 29.3 Å². The number of benzene rings is 1. The first kappa shape index (κ1) is 17.9. The van der Waals surface area contributed by atoms with E-state index in [0.29, 0.717) is 28.4 Å². The van der Waals surface area contributed by atoms with Gasteiger partial charge in [0.15, 0.2) is 16.1 Å². The first-order chi connectivity index (χ1) is 11.8. The highest BCUT2D eigenvalue weighted by Gasteiger charge is 2.32. The van der Waals surface area contributed by atoms with Crippen LogP contribution in [0.2, 0.25) is 5.15 Å². The second-order valence-corrected chi connectivity index (χ2v) is 7.71. The van der Waals surface area contributed by atoms with Crippen molar-refractivity contribution < 1.29 is 9.18 Å². The van der Waals surface area contributed by atoms with E-state index in [1.807, 2.05) is 6.92 Å². The van der Waals surface area contributed by atoms with E-state index in [9.17, 15) is 9.18 Å². The van der Waals surface area contributed by atoms with Gasteiger partial charge in [0.05, 0.1) is 5.54 Å². The lowest BCUT2D eigenvalue weighted by atomic mass is 9.87. The summed E-state index contributed by atoms with van der Waals surface area (Å²) in [7, 11) is 1.66. The van der Waals surface area contributed by atoms with Gasteiger partial charge in [-0.05, 0) is 31.0 Å². The normalized spacial score (nSPS) is 20.4. The Morgan fingerprint density at radius 3 is 2.88 bits per heavy atom. The van der Waals surface area contributed by atoms with E-state index in [1.165, 1.54) is 28.6 Å². The summed E-state index contributed by atoms with van der Waals surface area (Å²) in [5.74, 6) is 0.305. The van der Waals surface area contributed by atoms with Crippen molar-refractivity contribution in [1.82, 2.24) is 9.78 Å². The second-order valence-electron chi connectivity index (χ2n) is 6.21. The average molecular weight is 381 g/mol. The first-order valence-electron chi connectivity index (χ1n) is 7.78. The number of aryl methyl sites for hydroxylation is 1. The van der Waals surface area contributed by atoms with Crippen LogP contribution in [0, 0.1) is 5.82 Å². The number of carbonyl (C=O) groups excluding carboxylic acids is 1. The molecular weight excluding hydrogens is 363 g/mol. The molecule has 2 aromatic rings. The molecule has 0 saturated heterocycles. The van der Waals surface area contributed by atoms with Gasteiger partial charge in [-0.3, -0.25) is 14.5 Å². The van der Waals surface area contributed by atoms with Gasteiger partial charge in [0.2, 0.25) is 0 Å². The molecule has 0 radical (unpaired) electrons. The Bertz CT molecular complexity index is 866. The van der Waals surface area contributed by atoms with E-state index in [1.54, 1.807) is 19.2 Å². The zero-order valence-electron chi connectivity index (χ0n) is 13.9. The number of rotatable bonds is 4. The molecule has 2 heterocycles. The molecular formula is C17H18ClFN4OS. The fraction of sp³-hybridized carbons (Fsp3) is 0.353. The molecule has 0 saturated carbocycles. The van der Waals surface area contributed by atoms with Crippen LogP contribution in [0.3, 0.4) is 0 Å². The Hall–Kier alpha value is -1.86. The van der Waals surface area contributed by atoms with Crippen molar-refractivity contribution in [2.45, 2.75) is 25.3 Å². The van der Waals surface area contributed by atoms with E-state index in [2.05, 4.69) is 10.1 Å². The van der Waals surface area contributed by atoms with Crippen molar-refractivity contribution in [3.8, 4) is 0 Å². The monoisotopic (exact) mass is 380 g/mol. The Labute approximate surface area is 154 Å². The topological polar surface area (TPSA) is 73.3 Å². The van der Waals surface area contributed by atoms with Crippen LogP contribution in [0.1, 0.15) is 35.0 Å². The highest BCUT2D eigenvalue weighted by molar-refractivity contribution is 8.13. The van der Waals surface area contributed by atoms with Crippen LogP contribution < -0.4 is 5.73 Å². The molecule has 1 aromatic carbocycles. The number of thioether (sulfide) groups is 1. The number of hydrogen-bond acceptors (Lipinski definition) is 5. The van der Waals surface area contributed by atoms with Crippen molar-refractivity contribution in [2.24, 2.45) is 17.8 Å². The van der Waals surface area contributed by atoms with Gasteiger partial charge in [0.25, 0.3) is 0 Å². The molecule has 0 unspecified atom stereocenters. The molecule has 1 aromatic heterocycles. The molecule has 132 valence electrons. The van der Waals surface area contributed by atoms with Crippen molar-refractivity contribution in [2.75, 3.05) is 5.75 Å². The Morgan fingerprint density at radius 2 is 2.24 bits per heavy atom. The van der Waals surface area contributed by atoms with Crippen LogP contribution >= 0.6 is 23.4 Å². The van der Waals surface area contributed by atoms with E-state index in [4.69, 9.17) is 17.3 Å². The van der Waals surface area contributed by atoms with Crippen molar-refractivity contribution in [3.63, 3.8) is 0 Å². The summed E-state index contributed by atoms with van der Waals surface area (Å²) < 4.78 is 15.9. The molecule has 8 heteroatoms. The summed E-state index contributed by atoms with van der Waals surface area (Å²) in [5.41, 5.74) is 6.70. The zero-order chi connectivity index (χ0) is 18.2. The standard InChI is InChI=1S/C17H18ClFN4OS/c1-17(5-6-25-16(20)21-17)11-7-10(3-4-12(11)19)8-14(24)13-9-15(18)22-23(13)2/h3-4,7,9H,5-6,8H2,1-2H3,(H2,20,21)/t17-/m0/s1. The Morgan fingerprint density at radius 1 is 1.48 bits per heavy atom. The molecule has 0 amide bonds. The van der Waals surface area contributed by atoms with Crippen molar-refractivity contribution in [3.05, 3.63) is 52.1 Å². The number of nitrogens with two attached hydrogens (primary N) is 1. The zero-order valence-corrected chi connectivity index (χ0v) is 15.5. The average Bonchev–Trinajstić information content (AvgIpc) is 2.87. The van der Waals surface area contributed by atoms with E-state index >= 15 is 0 Å². The maximum absolute atomic E-state index is 14.4. The number of ketones is 1. The molecule has 1 aliphatic heterocycles. The number of amidine groups is 1. The number of hydrogen-bond donors (Lipinski definition) is 1. The Balaban J connectivity index is 1.91. The van der Waals surface area contributed by atoms with Crippen LogP contribution in [0.4, 0.5) is 4.39 Å². The fourth-order valence-corrected chi connectivity index (χ4v) is 4.14. The van der Waals surface area contributed by atoms with Gasteiger partial charge in [-0.15, -0.1) is 0 Å². The van der Waals surface area contributed by atoms with Gasteiger partial charge in [-0.1, -0.05) is 29.4 Å². The maximum atomic E-state index is 14.4. The van der Waals surface area contributed by atoms with Gasteiger partial charge in [0, 0.05) is 30.9 Å². The lowest BCUT2D eigenvalue weighted by Crippen LogP contribution is -2.29. The summed E-state index contributed by atoms with van der Waals surface area (Å²) >= 11 is 7.30. The number of aromatic nitrogens is 2. The first-order valence-corrected chi connectivity index (χ1v) is 9.14. The second kappa shape index (κ2) is 6.80. The quantitative estimate of drug-likeness (QED) is 0.826. The molecule has 2 N–H and O–H groups in total. The van der Waals surface area contributed by atoms with Gasteiger partial charge in [-0.2, -0.15) is 5.10 Å². The summed E-state index contributed by atoms with van der Waals surface area (Å²) in [4.78, 5) is 16.9. The van der Waals surface area contributed by atoms with Gasteiger partial charge in [-0.25, -0.2) is 4.39 Å². The van der Waals surface area contributed by atoms with E-state index in [0.717, 1.165) is 5.75 Å². The van der Waals surface area contributed by atoms with Crippen LogP contribution in [-0.2, 0) is 19.0 Å². The smallest absolute Gasteiger partial charge is 0.185 e. The van der Waals surface area contributed by atoms with E-state index < -0.39 is 5.54 Å². The van der Waals surface area contributed by atoms with Gasteiger partial charge >= 0.3 is 0 Å². The highest BCUT2D eigenvalue weighted by atomic mass is 35.5. The Kier molecular flexibility index (Phi) is 4.88.